The summed E-state index contributed by atoms with van der Waals surface area (Å²) < 4.78 is 41.5. The van der Waals surface area contributed by atoms with Crippen LogP contribution in [0.15, 0.2) is 72.8 Å². The van der Waals surface area contributed by atoms with E-state index in [4.69, 9.17) is 0 Å². The quantitative estimate of drug-likeness (QED) is 0.609. The number of carbonyl (C=O) groups is 1. The lowest BCUT2D eigenvalue weighted by Gasteiger charge is -2.33. The van der Waals surface area contributed by atoms with Crippen molar-refractivity contribution in [3.8, 4) is 0 Å². The second-order valence-electron chi connectivity index (χ2n) is 5.80. The fraction of sp³-hybridized carbons (Fsp3) is 0.0952. The van der Waals surface area contributed by atoms with Crippen molar-refractivity contribution >= 4 is 5.78 Å². The molecule has 0 fully saturated rings. The molecule has 0 saturated heterocycles. The highest BCUT2D eigenvalue weighted by molar-refractivity contribution is 5.96. The van der Waals surface area contributed by atoms with Gasteiger partial charge in [-0.1, -0.05) is 48.5 Å². The summed E-state index contributed by atoms with van der Waals surface area (Å²) in [5.41, 5.74) is -0.524. The first kappa shape index (κ1) is 17.0. The first-order chi connectivity index (χ1) is 12.0. The highest BCUT2D eigenvalue weighted by Crippen LogP contribution is 2.41. The van der Waals surface area contributed by atoms with Crippen LogP contribution in [0.4, 0.5) is 13.2 Å². The zero-order valence-electron chi connectivity index (χ0n) is 13.5. The molecule has 0 aromatic heterocycles. The molecule has 0 radical (unpaired) electrons. The van der Waals surface area contributed by atoms with E-state index in [0.717, 1.165) is 12.1 Å². The van der Waals surface area contributed by atoms with Crippen molar-refractivity contribution in [3.63, 3.8) is 0 Å². The summed E-state index contributed by atoms with van der Waals surface area (Å²) in [4.78, 5) is 12.8. The SMILES string of the molecule is CC(=O)C(c1ccccc1)(c1ccc(F)cc1)c1ccc(F)cc1F. The molecule has 0 saturated carbocycles. The Balaban J connectivity index is 2.41. The fourth-order valence-corrected chi connectivity index (χ4v) is 3.26. The van der Waals surface area contributed by atoms with Crippen LogP contribution < -0.4 is 0 Å². The van der Waals surface area contributed by atoms with Crippen molar-refractivity contribution in [2.45, 2.75) is 12.3 Å². The lowest BCUT2D eigenvalue weighted by atomic mass is 9.67. The Morgan fingerprint density at radius 3 is 1.88 bits per heavy atom. The van der Waals surface area contributed by atoms with Crippen LogP contribution in [0.5, 0.6) is 0 Å². The Morgan fingerprint density at radius 2 is 1.32 bits per heavy atom. The molecule has 0 spiro atoms. The molecule has 3 rings (SSSR count). The highest BCUT2D eigenvalue weighted by atomic mass is 19.1. The van der Waals surface area contributed by atoms with Crippen LogP contribution in [-0.4, -0.2) is 5.78 Å². The number of benzene rings is 3. The predicted molar refractivity (Wildman–Crippen MR) is 89.8 cm³/mol. The van der Waals surface area contributed by atoms with Crippen LogP contribution in [0.1, 0.15) is 23.6 Å². The van der Waals surface area contributed by atoms with Gasteiger partial charge in [0.2, 0.25) is 0 Å². The van der Waals surface area contributed by atoms with Crippen molar-refractivity contribution in [1.29, 1.82) is 0 Å². The predicted octanol–water partition coefficient (Wildman–Crippen LogP) is 5.03. The maximum Gasteiger partial charge on any atom is 0.149 e. The van der Waals surface area contributed by atoms with Crippen molar-refractivity contribution in [2.75, 3.05) is 0 Å². The zero-order chi connectivity index (χ0) is 18.0. The molecule has 0 N–H and O–H groups in total. The van der Waals surface area contributed by atoms with Gasteiger partial charge in [0.05, 0.1) is 0 Å². The molecule has 0 aliphatic rings. The molecular formula is C21H15F3O. The highest BCUT2D eigenvalue weighted by Gasteiger charge is 2.43. The molecule has 0 amide bonds. The molecule has 4 heteroatoms. The third-order valence-corrected chi connectivity index (χ3v) is 4.35. The van der Waals surface area contributed by atoms with Crippen LogP contribution in [0.3, 0.4) is 0 Å². The van der Waals surface area contributed by atoms with Crippen molar-refractivity contribution in [3.05, 3.63) is 107 Å². The van der Waals surface area contributed by atoms with Gasteiger partial charge in [0.1, 0.15) is 28.6 Å². The fourth-order valence-electron chi connectivity index (χ4n) is 3.26. The average Bonchev–Trinajstić information content (AvgIpc) is 2.59. The first-order valence-corrected chi connectivity index (χ1v) is 7.74. The monoisotopic (exact) mass is 340 g/mol. The van der Waals surface area contributed by atoms with Gasteiger partial charge in [-0.05, 0) is 36.2 Å². The first-order valence-electron chi connectivity index (χ1n) is 7.74. The maximum absolute atomic E-state index is 14.7. The third kappa shape index (κ3) is 2.84. The molecular weight excluding hydrogens is 325 g/mol. The van der Waals surface area contributed by atoms with Crippen molar-refractivity contribution < 1.29 is 18.0 Å². The van der Waals surface area contributed by atoms with Gasteiger partial charge in [-0.3, -0.25) is 4.79 Å². The molecule has 25 heavy (non-hydrogen) atoms. The smallest absolute Gasteiger partial charge is 0.149 e. The summed E-state index contributed by atoms with van der Waals surface area (Å²) in [6, 6.07) is 17.1. The van der Waals surface area contributed by atoms with Crippen LogP contribution in [-0.2, 0) is 10.2 Å². The van der Waals surface area contributed by atoms with E-state index in [1.54, 1.807) is 30.3 Å². The number of rotatable bonds is 4. The largest absolute Gasteiger partial charge is 0.298 e. The summed E-state index contributed by atoms with van der Waals surface area (Å²) in [5.74, 6) is -2.38. The standard InChI is InChI=1S/C21H15F3O/c1-14(25)21(15-5-3-2-4-6-15,16-7-9-17(22)10-8-16)19-12-11-18(23)13-20(19)24/h2-13H,1H3. The molecule has 1 nitrogen and oxygen atoms in total. The number of Topliss-reactive ketones (excluding diaryl/α,β-unsaturated/α-hetero) is 1. The molecule has 3 aromatic carbocycles. The van der Waals surface area contributed by atoms with Crippen LogP contribution in [0.25, 0.3) is 0 Å². The van der Waals surface area contributed by atoms with Gasteiger partial charge >= 0.3 is 0 Å². The van der Waals surface area contributed by atoms with Gasteiger partial charge in [0, 0.05) is 11.6 Å². The van der Waals surface area contributed by atoms with Gasteiger partial charge < -0.3 is 0 Å². The van der Waals surface area contributed by atoms with Crippen LogP contribution >= 0.6 is 0 Å². The molecule has 0 aliphatic carbocycles. The lowest BCUT2D eigenvalue weighted by molar-refractivity contribution is -0.120. The van der Waals surface area contributed by atoms with Gasteiger partial charge in [-0.15, -0.1) is 0 Å². The summed E-state index contributed by atoms with van der Waals surface area (Å²) in [7, 11) is 0. The van der Waals surface area contributed by atoms with E-state index < -0.39 is 22.9 Å². The number of halogens is 3. The Labute approximate surface area is 143 Å². The second-order valence-corrected chi connectivity index (χ2v) is 5.80. The molecule has 1 atom stereocenters. The van der Waals surface area contributed by atoms with E-state index in [1.807, 2.05) is 0 Å². The summed E-state index contributed by atoms with van der Waals surface area (Å²) >= 11 is 0. The second kappa shape index (κ2) is 6.55. The van der Waals surface area contributed by atoms with Crippen molar-refractivity contribution in [2.24, 2.45) is 0 Å². The van der Waals surface area contributed by atoms with E-state index in [2.05, 4.69) is 0 Å². The Hall–Kier alpha value is -2.88. The van der Waals surface area contributed by atoms with E-state index in [0.29, 0.717) is 11.1 Å². The zero-order valence-corrected chi connectivity index (χ0v) is 13.5. The molecule has 0 heterocycles. The van der Waals surface area contributed by atoms with Crippen LogP contribution in [0, 0.1) is 17.5 Å². The van der Waals surface area contributed by atoms with Gasteiger partial charge in [-0.2, -0.15) is 0 Å². The minimum atomic E-state index is -1.49. The average molecular weight is 340 g/mol. The Bertz CT molecular complexity index is 904. The lowest BCUT2D eigenvalue weighted by Crippen LogP contribution is -2.38. The van der Waals surface area contributed by atoms with E-state index in [-0.39, 0.29) is 11.3 Å². The molecule has 0 aliphatic heterocycles. The Morgan fingerprint density at radius 1 is 0.760 bits per heavy atom. The number of hydrogen-bond donors (Lipinski definition) is 0. The van der Waals surface area contributed by atoms with E-state index in [9.17, 15) is 18.0 Å². The van der Waals surface area contributed by atoms with Crippen molar-refractivity contribution in [1.82, 2.24) is 0 Å². The number of carbonyl (C=O) groups excluding carboxylic acids is 1. The van der Waals surface area contributed by atoms with Gasteiger partial charge in [-0.25, -0.2) is 13.2 Å². The minimum absolute atomic E-state index is 0.0270. The normalized spacial score (nSPS) is 13.3. The summed E-state index contributed by atoms with van der Waals surface area (Å²) in [6.45, 7) is 1.35. The maximum atomic E-state index is 14.7. The summed E-state index contributed by atoms with van der Waals surface area (Å²) in [5, 5.41) is 0. The number of hydrogen-bond acceptors (Lipinski definition) is 1. The third-order valence-electron chi connectivity index (χ3n) is 4.35. The number of ketones is 1. The van der Waals surface area contributed by atoms with Gasteiger partial charge in [0.25, 0.3) is 0 Å². The molecule has 3 aromatic rings. The minimum Gasteiger partial charge on any atom is -0.298 e. The Kier molecular flexibility index (Phi) is 4.45. The van der Waals surface area contributed by atoms with Crippen LogP contribution in [0.2, 0.25) is 0 Å². The van der Waals surface area contributed by atoms with Gasteiger partial charge in [0.15, 0.2) is 0 Å². The molecule has 0 bridgehead atoms. The van der Waals surface area contributed by atoms with E-state index in [1.165, 1.54) is 37.3 Å². The van der Waals surface area contributed by atoms with E-state index >= 15 is 0 Å². The topological polar surface area (TPSA) is 17.1 Å². The molecule has 126 valence electrons. The molecule has 1 unspecified atom stereocenters. The summed E-state index contributed by atoms with van der Waals surface area (Å²) in [6.07, 6.45) is 0.